The highest BCUT2D eigenvalue weighted by atomic mass is 19.1. The number of hydrogen-bond donors (Lipinski definition) is 1. The van der Waals surface area contributed by atoms with E-state index in [-0.39, 0.29) is 11.3 Å². The van der Waals surface area contributed by atoms with Gasteiger partial charge in [0.05, 0.1) is 11.8 Å². The van der Waals surface area contributed by atoms with E-state index in [1.807, 2.05) is 0 Å². The van der Waals surface area contributed by atoms with E-state index in [1.165, 1.54) is 24.4 Å². The van der Waals surface area contributed by atoms with Crippen LogP contribution in [0, 0.1) is 11.6 Å². The molecule has 0 aliphatic rings. The van der Waals surface area contributed by atoms with Crippen molar-refractivity contribution >= 4 is 0 Å². The molecule has 1 N–H and O–H groups in total. The van der Waals surface area contributed by atoms with Gasteiger partial charge in [-0.05, 0) is 12.1 Å². The lowest BCUT2D eigenvalue weighted by molar-refractivity contribution is 0.588. The van der Waals surface area contributed by atoms with Gasteiger partial charge in [-0.1, -0.05) is 6.07 Å². The highest BCUT2D eigenvalue weighted by molar-refractivity contribution is 5.59. The van der Waals surface area contributed by atoms with E-state index in [9.17, 15) is 8.78 Å². The van der Waals surface area contributed by atoms with Gasteiger partial charge in [0.2, 0.25) is 0 Å². The van der Waals surface area contributed by atoms with Gasteiger partial charge in [0.15, 0.2) is 0 Å². The fraction of sp³-hybridized carbons (Fsp3) is 0. The number of rotatable bonds is 1. The average molecular weight is 181 g/mol. The Hall–Kier alpha value is -1.78. The molecular formula is C8H5F2N3. The van der Waals surface area contributed by atoms with Crippen molar-refractivity contribution < 1.29 is 8.78 Å². The first-order chi connectivity index (χ1) is 6.29. The maximum Gasteiger partial charge on any atom is 0.135 e. The number of H-pyrrole nitrogens is 1. The van der Waals surface area contributed by atoms with Gasteiger partial charge in [0, 0.05) is 0 Å². The summed E-state index contributed by atoms with van der Waals surface area (Å²) >= 11 is 0. The Balaban J connectivity index is 2.64. The minimum atomic E-state index is -0.645. The van der Waals surface area contributed by atoms with Crippen LogP contribution in [0.4, 0.5) is 8.78 Å². The van der Waals surface area contributed by atoms with Gasteiger partial charge in [-0.25, -0.2) is 8.78 Å². The topological polar surface area (TPSA) is 41.6 Å². The highest BCUT2D eigenvalue weighted by Gasteiger charge is 2.12. The largest absolute Gasteiger partial charge is 0.206 e. The van der Waals surface area contributed by atoms with Crippen LogP contribution in [0.2, 0.25) is 0 Å². The molecule has 1 heterocycles. The van der Waals surface area contributed by atoms with Crippen molar-refractivity contribution in [1.29, 1.82) is 0 Å². The first-order valence-corrected chi connectivity index (χ1v) is 3.59. The Morgan fingerprint density at radius 3 is 2.38 bits per heavy atom. The molecule has 0 unspecified atom stereocenters. The Morgan fingerprint density at radius 1 is 1.15 bits per heavy atom. The molecule has 0 aliphatic carbocycles. The molecule has 1 aromatic carbocycles. The summed E-state index contributed by atoms with van der Waals surface area (Å²) in [7, 11) is 0. The lowest BCUT2D eigenvalue weighted by atomic mass is 10.1. The second-order valence-corrected chi connectivity index (χ2v) is 2.45. The van der Waals surface area contributed by atoms with Crippen LogP contribution in [-0.2, 0) is 0 Å². The van der Waals surface area contributed by atoms with E-state index in [2.05, 4.69) is 15.4 Å². The molecule has 2 rings (SSSR count). The van der Waals surface area contributed by atoms with Crippen molar-refractivity contribution in [3.8, 4) is 11.3 Å². The second kappa shape index (κ2) is 2.93. The summed E-state index contributed by atoms with van der Waals surface area (Å²) in [5, 5.41) is 9.35. The third-order valence-corrected chi connectivity index (χ3v) is 1.63. The fourth-order valence-electron chi connectivity index (χ4n) is 1.06. The minimum Gasteiger partial charge on any atom is -0.206 e. The second-order valence-electron chi connectivity index (χ2n) is 2.45. The summed E-state index contributed by atoms with van der Waals surface area (Å²) in [5.41, 5.74) is 0.00634. The minimum absolute atomic E-state index is 0.156. The summed E-state index contributed by atoms with van der Waals surface area (Å²) in [5.74, 6) is -1.29. The Labute approximate surface area is 72.4 Å². The van der Waals surface area contributed by atoms with E-state index in [4.69, 9.17) is 0 Å². The van der Waals surface area contributed by atoms with Crippen molar-refractivity contribution in [2.24, 2.45) is 0 Å². The molecule has 0 saturated carbocycles. The summed E-state index contributed by atoms with van der Waals surface area (Å²) in [4.78, 5) is 0. The molecular weight excluding hydrogens is 176 g/mol. The maximum absolute atomic E-state index is 13.1. The van der Waals surface area contributed by atoms with Crippen LogP contribution in [0.25, 0.3) is 11.3 Å². The molecule has 13 heavy (non-hydrogen) atoms. The molecule has 0 saturated heterocycles. The van der Waals surface area contributed by atoms with Crippen LogP contribution in [0.15, 0.2) is 24.4 Å². The number of nitrogens with zero attached hydrogens (tertiary/aromatic N) is 2. The zero-order valence-electron chi connectivity index (χ0n) is 6.46. The highest BCUT2D eigenvalue weighted by Crippen LogP contribution is 2.22. The van der Waals surface area contributed by atoms with E-state index < -0.39 is 11.6 Å². The predicted octanol–water partition coefficient (Wildman–Crippen LogP) is 1.75. The molecule has 1 aromatic heterocycles. The van der Waals surface area contributed by atoms with Gasteiger partial charge >= 0.3 is 0 Å². The van der Waals surface area contributed by atoms with Crippen molar-refractivity contribution in [2.45, 2.75) is 0 Å². The molecule has 66 valence electrons. The summed E-state index contributed by atoms with van der Waals surface area (Å²) in [6, 6.07) is 3.65. The van der Waals surface area contributed by atoms with Gasteiger partial charge < -0.3 is 0 Å². The first-order valence-electron chi connectivity index (χ1n) is 3.59. The van der Waals surface area contributed by atoms with E-state index in [1.54, 1.807) is 0 Å². The van der Waals surface area contributed by atoms with Crippen LogP contribution < -0.4 is 0 Å². The van der Waals surface area contributed by atoms with E-state index in [0.29, 0.717) is 0 Å². The number of hydrogen-bond acceptors (Lipinski definition) is 2. The van der Waals surface area contributed by atoms with Gasteiger partial charge in [-0.2, -0.15) is 15.4 Å². The van der Waals surface area contributed by atoms with Gasteiger partial charge in [0.1, 0.15) is 17.3 Å². The van der Waals surface area contributed by atoms with Crippen LogP contribution in [0.3, 0.4) is 0 Å². The Kier molecular flexibility index (Phi) is 1.77. The van der Waals surface area contributed by atoms with Crippen LogP contribution in [0.5, 0.6) is 0 Å². The summed E-state index contributed by atoms with van der Waals surface area (Å²) < 4.78 is 26.2. The molecule has 0 amide bonds. The Morgan fingerprint density at radius 2 is 1.85 bits per heavy atom. The molecule has 0 atom stereocenters. The van der Waals surface area contributed by atoms with Crippen LogP contribution in [-0.4, -0.2) is 15.4 Å². The zero-order valence-corrected chi connectivity index (χ0v) is 6.46. The third kappa shape index (κ3) is 1.28. The smallest absolute Gasteiger partial charge is 0.135 e. The molecule has 5 heteroatoms. The van der Waals surface area contributed by atoms with E-state index in [0.717, 1.165) is 0 Å². The van der Waals surface area contributed by atoms with Gasteiger partial charge in [-0.3, -0.25) is 0 Å². The molecule has 3 nitrogen and oxygen atoms in total. The quantitative estimate of drug-likeness (QED) is 0.728. The Bertz CT molecular complexity index is 391. The normalized spacial score (nSPS) is 10.3. The lowest BCUT2D eigenvalue weighted by Gasteiger charge is -1.98. The molecule has 0 bridgehead atoms. The van der Waals surface area contributed by atoms with Crippen molar-refractivity contribution in [1.82, 2.24) is 15.4 Å². The van der Waals surface area contributed by atoms with Crippen LogP contribution in [0.1, 0.15) is 0 Å². The number of nitrogens with one attached hydrogen (secondary N) is 1. The maximum atomic E-state index is 13.1. The van der Waals surface area contributed by atoms with Crippen molar-refractivity contribution in [3.05, 3.63) is 36.0 Å². The zero-order chi connectivity index (χ0) is 9.26. The van der Waals surface area contributed by atoms with Gasteiger partial charge in [-0.15, -0.1) is 0 Å². The molecule has 2 aromatic rings. The SMILES string of the molecule is Fc1cccc(F)c1-c1cn[nH]n1. The number of aromatic amines is 1. The number of aromatic nitrogens is 3. The molecule has 0 aliphatic heterocycles. The fourth-order valence-corrected chi connectivity index (χ4v) is 1.06. The molecule has 0 fully saturated rings. The lowest BCUT2D eigenvalue weighted by Crippen LogP contribution is -1.89. The van der Waals surface area contributed by atoms with Gasteiger partial charge in [0.25, 0.3) is 0 Å². The van der Waals surface area contributed by atoms with E-state index >= 15 is 0 Å². The van der Waals surface area contributed by atoms with Crippen LogP contribution >= 0.6 is 0 Å². The summed E-state index contributed by atoms with van der Waals surface area (Å²) in [6.45, 7) is 0. The van der Waals surface area contributed by atoms with Crippen molar-refractivity contribution in [3.63, 3.8) is 0 Å². The summed E-state index contributed by atoms with van der Waals surface area (Å²) in [6.07, 6.45) is 1.27. The standard InChI is InChI=1S/C8H5F2N3/c9-5-2-1-3-6(10)8(5)7-4-11-13-12-7/h1-4H,(H,11,12,13). The van der Waals surface area contributed by atoms with Crippen molar-refractivity contribution in [2.75, 3.05) is 0 Å². The molecule has 0 spiro atoms. The molecule has 0 radical (unpaired) electrons. The number of halogens is 2. The first kappa shape index (κ1) is 7.85. The third-order valence-electron chi connectivity index (χ3n) is 1.63. The predicted molar refractivity (Wildman–Crippen MR) is 41.7 cm³/mol. The average Bonchev–Trinajstić information content (AvgIpc) is 2.57. The number of benzene rings is 1. The monoisotopic (exact) mass is 181 g/mol.